The van der Waals surface area contributed by atoms with E-state index in [0.717, 1.165) is 40.4 Å². The molecule has 0 aromatic heterocycles. The fourth-order valence-corrected chi connectivity index (χ4v) is 4.07. The van der Waals surface area contributed by atoms with E-state index in [4.69, 9.17) is 18.9 Å². The molecule has 2 aromatic rings. The van der Waals surface area contributed by atoms with Crippen molar-refractivity contribution in [3.05, 3.63) is 45.9 Å². The fourth-order valence-electron chi connectivity index (χ4n) is 3.46. The number of unbranched alkanes of at least 4 members (excludes halogenated alkanes) is 5. The molecule has 1 aliphatic rings. The van der Waals surface area contributed by atoms with Crippen molar-refractivity contribution >= 4 is 15.9 Å². The lowest BCUT2D eigenvalue weighted by Crippen LogP contribution is -2.14. The van der Waals surface area contributed by atoms with Gasteiger partial charge in [0.15, 0.2) is 23.0 Å². The van der Waals surface area contributed by atoms with E-state index in [-0.39, 0.29) is 6.79 Å². The highest BCUT2D eigenvalue weighted by Gasteiger charge is 2.15. The van der Waals surface area contributed by atoms with Gasteiger partial charge in [0, 0.05) is 6.54 Å². The maximum Gasteiger partial charge on any atom is 0.231 e. The van der Waals surface area contributed by atoms with Gasteiger partial charge in [-0.25, -0.2) is 0 Å². The minimum Gasteiger partial charge on any atom is -0.493 e. The summed E-state index contributed by atoms with van der Waals surface area (Å²) in [7, 11) is 1.67. The summed E-state index contributed by atoms with van der Waals surface area (Å²) in [4.78, 5) is 0. The maximum absolute atomic E-state index is 6.06. The summed E-state index contributed by atoms with van der Waals surface area (Å²) < 4.78 is 23.3. The maximum atomic E-state index is 6.06. The highest BCUT2D eigenvalue weighted by Crippen LogP contribution is 2.38. The van der Waals surface area contributed by atoms with Crippen LogP contribution in [0.4, 0.5) is 0 Å². The van der Waals surface area contributed by atoms with E-state index in [1.165, 1.54) is 44.1 Å². The Kier molecular flexibility index (Phi) is 9.15. The Bertz CT molecular complexity index is 812. The van der Waals surface area contributed by atoms with Gasteiger partial charge in [0.1, 0.15) is 6.61 Å². The van der Waals surface area contributed by atoms with Crippen molar-refractivity contribution < 1.29 is 18.9 Å². The first-order chi connectivity index (χ1) is 14.7. The van der Waals surface area contributed by atoms with Gasteiger partial charge in [-0.3, -0.25) is 0 Å². The Morgan fingerprint density at radius 2 is 1.77 bits per heavy atom. The molecule has 0 amide bonds. The number of hydrogen-bond donors (Lipinski definition) is 1. The lowest BCUT2D eigenvalue weighted by Gasteiger charge is -2.15. The number of benzene rings is 2. The molecular formula is C24H32BrNO4. The van der Waals surface area contributed by atoms with Crippen LogP contribution in [0.3, 0.4) is 0 Å². The van der Waals surface area contributed by atoms with Crippen LogP contribution in [0.1, 0.15) is 56.6 Å². The summed E-state index contributed by atoms with van der Waals surface area (Å²) in [6, 6.07) is 9.96. The normalized spacial score (nSPS) is 12.2. The molecule has 0 radical (unpaired) electrons. The van der Waals surface area contributed by atoms with Gasteiger partial charge < -0.3 is 24.3 Å². The molecule has 0 saturated carbocycles. The average Bonchev–Trinajstić information content (AvgIpc) is 3.22. The molecule has 2 aromatic carbocycles. The van der Waals surface area contributed by atoms with Crippen LogP contribution < -0.4 is 24.3 Å². The molecule has 3 rings (SSSR count). The number of halogens is 1. The second-order valence-electron chi connectivity index (χ2n) is 7.53. The van der Waals surface area contributed by atoms with Crippen molar-refractivity contribution in [2.24, 2.45) is 0 Å². The van der Waals surface area contributed by atoms with Crippen molar-refractivity contribution in [2.75, 3.05) is 20.4 Å². The van der Waals surface area contributed by atoms with Gasteiger partial charge in [0.25, 0.3) is 0 Å². The predicted molar refractivity (Wildman–Crippen MR) is 123 cm³/mol. The lowest BCUT2D eigenvalue weighted by atomic mass is 10.1. The largest absolute Gasteiger partial charge is 0.493 e. The fraction of sp³-hybridized carbons (Fsp3) is 0.500. The second kappa shape index (κ2) is 12.1. The zero-order valence-corrected chi connectivity index (χ0v) is 19.6. The minimum atomic E-state index is 0.271. The molecule has 0 fully saturated rings. The van der Waals surface area contributed by atoms with Crippen LogP contribution in [-0.2, 0) is 13.2 Å². The van der Waals surface area contributed by atoms with Crippen LogP contribution in [0.15, 0.2) is 34.8 Å². The summed E-state index contributed by atoms with van der Waals surface area (Å²) in [5.74, 6) is 2.96. The second-order valence-corrected chi connectivity index (χ2v) is 8.38. The van der Waals surface area contributed by atoms with Crippen molar-refractivity contribution in [1.82, 2.24) is 5.32 Å². The van der Waals surface area contributed by atoms with Crippen LogP contribution in [0, 0.1) is 0 Å². The Balaban J connectivity index is 1.50. The highest BCUT2D eigenvalue weighted by atomic mass is 79.9. The van der Waals surface area contributed by atoms with Gasteiger partial charge >= 0.3 is 0 Å². The molecule has 6 heteroatoms. The minimum absolute atomic E-state index is 0.271. The zero-order chi connectivity index (χ0) is 21.2. The SMILES string of the molecule is CCCCCCCCNCc1cc(Br)c(OCc2ccc3c(c2)OCO3)c(OC)c1. The first kappa shape index (κ1) is 22.8. The molecule has 1 heterocycles. The monoisotopic (exact) mass is 477 g/mol. The smallest absolute Gasteiger partial charge is 0.231 e. The van der Waals surface area contributed by atoms with Crippen LogP contribution in [-0.4, -0.2) is 20.4 Å². The number of nitrogens with one attached hydrogen (secondary N) is 1. The van der Waals surface area contributed by atoms with Crippen molar-refractivity contribution in [2.45, 2.75) is 58.6 Å². The van der Waals surface area contributed by atoms with Gasteiger partial charge in [-0.15, -0.1) is 0 Å². The van der Waals surface area contributed by atoms with E-state index < -0.39 is 0 Å². The van der Waals surface area contributed by atoms with E-state index in [9.17, 15) is 0 Å². The predicted octanol–water partition coefficient (Wildman–Crippen LogP) is 6.22. The third-order valence-electron chi connectivity index (χ3n) is 5.15. The standard InChI is InChI=1S/C24H32BrNO4/c1-3-4-5-6-7-8-11-26-15-19-12-20(25)24(23(14-19)27-2)28-16-18-9-10-21-22(13-18)30-17-29-21/h9-10,12-14,26H,3-8,11,15-17H2,1-2H3. The van der Waals surface area contributed by atoms with Gasteiger partial charge in [0.2, 0.25) is 6.79 Å². The molecule has 5 nitrogen and oxygen atoms in total. The topological polar surface area (TPSA) is 49.0 Å². The molecule has 0 aliphatic carbocycles. The Morgan fingerprint density at radius 3 is 2.60 bits per heavy atom. The molecule has 0 saturated heterocycles. The quantitative estimate of drug-likeness (QED) is 0.347. The van der Waals surface area contributed by atoms with E-state index in [0.29, 0.717) is 12.4 Å². The number of ether oxygens (including phenoxy) is 4. The van der Waals surface area contributed by atoms with Crippen LogP contribution in [0.25, 0.3) is 0 Å². The van der Waals surface area contributed by atoms with E-state index in [1.54, 1.807) is 7.11 Å². The zero-order valence-electron chi connectivity index (χ0n) is 18.0. The van der Waals surface area contributed by atoms with Gasteiger partial charge in [-0.05, 0) is 64.3 Å². The Morgan fingerprint density at radius 1 is 0.967 bits per heavy atom. The summed E-state index contributed by atoms with van der Waals surface area (Å²) in [5.41, 5.74) is 2.18. The van der Waals surface area contributed by atoms with Crippen LogP contribution in [0.5, 0.6) is 23.0 Å². The molecule has 30 heavy (non-hydrogen) atoms. The Labute approximate surface area is 188 Å². The molecule has 164 valence electrons. The van der Waals surface area contributed by atoms with Gasteiger partial charge in [-0.1, -0.05) is 45.1 Å². The molecule has 0 spiro atoms. The summed E-state index contributed by atoms with van der Waals surface area (Å²) in [5, 5.41) is 3.53. The molecular weight excluding hydrogens is 446 g/mol. The first-order valence-electron chi connectivity index (χ1n) is 10.8. The molecule has 0 atom stereocenters. The van der Waals surface area contributed by atoms with E-state index in [2.05, 4.69) is 34.2 Å². The summed E-state index contributed by atoms with van der Waals surface area (Å²) in [6.07, 6.45) is 7.86. The van der Waals surface area contributed by atoms with Crippen molar-refractivity contribution in [1.29, 1.82) is 0 Å². The number of hydrogen-bond acceptors (Lipinski definition) is 5. The first-order valence-corrected chi connectivity index (χ1v) is 11.6. The van der Waals surface area contributed by atoms with E-state index >= 15 is 0 Å². The number of fused-ring (bicyclic) bond motifs is 1. The van der Waals surface area contributed by atoms with Crippen molar-refractivity contribution in [3.8, 4) is 23.0 Å². The van der Waals surface area contributed by atoms with Crippen molar-refractivity contribution in [3.63, 3.8) is 0 Å². The lowest BCUT2D eigenvalue weighted by molar-refractivity contribution is 0.174. The third-order valence-corrected chi connectivity index (χ3v) is 5.73. The van der Waals surface area contributed by atoms with Gasteiger partial charge in [-0.2, -0.15) is 0 Å². The molecule has 0 bridgehead atoms. The summed E-state index contributed by atoms with van der Waals surface area (Å²) >= 11 is 3.64. The molecule has 1 N–H and O–H groups in total. The summed E-state index contributed by atoms with van der Waals surface area (Å²) in [6.45, 7) is 4.79. The van der Waals surface area contributed by atoms with E-state index in [1.807, 2.05) is 24.3 Å². The molecule has 1 aliphatic heterocycles. The van der Waals surface area contributed by atoms with Gasteiger partial charge in [0.05, 0.1) is 11.6 Å². The average molecular weight is 478 g/mol. The highest BCUT2D eigenvalue weighted by molar-refractivity contribution is 9.10. The van der Waals surface area contributed by atoms with Crippen LogP contribution >= 0.6 is 15.9 Å². The number of methoxy groups -OCH3 is 1. The Hall–Kier alpha value is -1.92. The molecule has 0 unspecified atom stereocenters. The third kappa shape index (κ3) is 6.54. The number of rotatable bonds is 13. The van der Waals surface area contributed by atoms with Crippen LogP contribution in [0.2, 0.25) is 0 Å².